The fourth-order valence-electron chi connectivity index (χ4n) is 1.13. The molecule has 1 aromatic rings. The molecular weight excluding hydrogens is 180 g/mol. The van der Waals surface area contributed by atoms with Crippen LogP contribution < -0.4 is 10.6 Å². The van der Waals surface area contributed by atoms with Gasteiger partial charge in [0.05, 0.1) is 0 Å². The second kappa shape index (κ2) is 5.24. The van der Waals surface area contributed by atoms with Gasteiger partial charge < -0.3 is 15.7 Å². The van der Waals surface area contributed by atoms with Gasteiger partial charge in [-0.15, -0.1) is 0 Å². The van der Waals surface area contributed by atoms with E-state index in [2.05, 4.69) is 10.6 Å². The number of amides is 2. The van der Waals surface area contributed by atoms with Crippen molar-refractivity contribution in [3.05, 3.63) is 29.8 Å². The minimum atomic E-state index is -0.244. The lowest BCUT2D eigenvalue weighted by molar-refractivity contribution is 0.254. The molecule has 0 radical (unpaired) electrons. The second-order valence-corrected chi connectivity index (χ2v) is 2.88. The van der Waals surface area contributed by atoms with Gasteiger partial charge in [-0.05, 0) is 24.1 Å². The first kappa shape index (κ1) is 10.5. The van der Waals surface area contributed by atoms with Crippen molar-refractivity contribution in [1.29, 1.82) is 0 Å². The first-order chi connectivity index (χ1) is 6.76. The van der Waals surface area contributed by atoms with Crippen LogP contribution in [0.5, 0.6) is 0 Å². The smallest absolute Gasteiger partial charge is 0.318 e. The van der Waals surface area contributed by atoms with E-state index in [-0.39, 0.29) is 12.6 Å². The molecule has 2 amide bonds. The molecule has 0 atom stereocenters. The Morgan fingerprint density at radius 1 is 1.50 bits per heavy atom. The Morgan fingerprint density at radius 3 is 2.93 bits per heavy atom. The van der Waals surface area contributed by atoms with Crippen LogP contribution in [0.2, 0.25) is 0 Å². The number of aliphatic hydroxyl groups is 1. The minimum Gasteiger partial charge on any atom is -0.396 e. The Balaban J connectivity index is 2.68. The maximum Gasteiger partial charge on any atom is 0.318 e. The number of benzene rings is 1. The van der Waals surface area contributed by atoms with E-state index in [4.69, 9.17) is 5.11 Å². The van der Waals surface area contributed by atoms with Crippen LogP contribution in [0.25, 0.3) is 0 Å². The third-order valence-electron chi connectivity index (χ3n) is 1.81. The van der Waals surface area contributed by atoms with E-state index in [0.29, 0.717) is 6.42 Å². The van der Waals surface area contributed by atoms with Crippen LogP contribution in [-0.4, -0.2) is 24.8 Å². The molecule has 0 fully saturated rings. The van der Waals surface area contributed by atoms with E-state index in [9.17, 15) is 4.79 Å². The lowest BCUT2D eigenvalue weighted by atomic mass is 10.1. The van der Waals surface area contributed by atoms with Crippen molar-refractivity contribution in [2.24, 2.45) is 0 Å². The van der Waals surface area contributed by atoms with Gasteiger partial charge in [0.15, 0.2) is 0 Å². The molecule has 0 saturated carbocycles. The van der Waals surface area contributed by atoms with Gasteiger partial charge in [0.2, 0.25) is 0 Å². The molecule has 1 rings (SSSR count). The topological polar surface area (TPSA) is 61.4 Å². The third kappa shape index (κ3) is 3.06. The fraction of sp³-hybridized carbons (Fsp3) is 0.300. The highest BCUT2D eigenvalue weighted by Gasteiger charge is 1.98. The van der Waals surface area contributed by atoms with Gasteiger partial charge in [-0.2, -0.15) is 0 Å². The summed E-state index contributed by atoms with van der Waals surface area (Å²) in [5, 5.41) is 13.9. The van der Waals surface area contributed by atoms with E-state index in [1.165, 1.54) is 0 Å². The monoisotopic (exact) mass is 194 g/mol. The zero-order valence-corrected chi connectivity index (χ0v) is 8.08. The van der Waals surface area contributed by atoms with Crippen LogP contribution in [-0.2, 0) is 6.42 Å². The van der Waals surface area contributed by atoms with Crippen LogP contribution in [0, 0.1) is 0 Å². The molecule has 3 N–H and O–H groups in total. The van der Waals surface area contributed by atoms with Crippen molar-refractivity contribution in [3.8, 4) is 0 Å². The number of urea groups is 1. The molecule has 0 bridgehead atoms. The predicted octanol–water partition coefficient (Wildman–Crippen LogP) is 0.973. The lowest BCUT2D eigenvalue weighted by Gasteiger charge is -2.05. The summed E-state index contributed by atoms with van der Waals surface area (Å²) in [6, 6.07) is 7.15. The highest BCUT2D eigenvalue weighted by Crippen LogP contribution is 2.10. The maximum atomic E-state index is 11.0. The second-order valence-electron chi connectivity index (χ2n) is 2.88. The summed E-state index contributed by atoms with van der Waals surface area (Å²) in [5.74, 6) is 0. The van der Waals surface area contributed by atoms with Gasteiger partial charge >= 0.3 is 6.03 Å². The number of aliphatic hydroxyl groups excluding tert-OH is 1. The zero-order chi connectivity index (χ0) is 10.4. The number of hydrogen-bond donors (Lipinski definition) is 3. The fourth-order valence-corrected chi connectivity index (χ4v) is 1.13. The Bertz CT molecular complexity index is 313. The average molecular weight is 194 g/mol. The quantitative estimate of drug-likeness (QED) is 0.671. The van der Waals surface area contributed by atoms with Gasteiger partial charge in [-0.3, -0.25) is 0 Å². The number of hydrogen-bond acceptors (Lipinski definition) is 2. The summed E-state index contributed by atoms with van der Waals surface area (Å²) in [4.78, 5) is 11.0. The van der Waals surface area contributed by atoms with E-state index in [1.807, 2.05) is 18.2 Å². The lowest BCUT2D eigenvalue weighted by Crippen LogP contribution is -2.24. The van der Waals surface area contributed by atoms with Gasteiger partial charge in [0.1, 0.15) is 0 Å². The molecular formula is C10H14N2O2. The SMILES string of the molecule is CNC(=O)Nc1cccc(CCO)c1. The first-order valence-electron chi connectivity index (χ1n) is 4.45. The molecule has 0 aliphatic carbocycles. The molecule has 0 heterocycles. The van der Waals surface area contributed by atoms with Crippen molar-refractivity contribution in [2.45, 2.75) is 6.42 Å². The largest absolute Gasteiger partial charge is 0.396 e. The van der Waals surface area contributed by atoms with Crippen LogP contribution in [0.3, 0.4) is 0 Å². The zero-order valence-electron chi connectivity index (χ0n) is 8.08. The molecule has 0 aliphatic rings. The Morgan fingerprint density at radius 2 is 2.29 bits per heavy atom. The summed E-state index contributed by atoms with van der Waals surface area (Å²) >= 11 is 0. The predicted molar refractivity (Wildman–Crippen MR) is 55.3 cm³/mol. The summed E-state index contributed by atoms with van der Waals surface area (Å²) in [6.45, 7) is 0.115. The van der Waals surface area contributed by atoms with Crippen molar-refractivity contribution >= 4 is 11.7 Å². The standard InChI is InChI=1S/C10H14N2O2/c1-11-10(14)12-9-4-2-3-8(7-9)5-6-13/h2-4,7,13H,5-6H2,1H3,(H2,11,12,14). The molecule has 4 heteroatoms. The van der Waals surface area contributed by atoms with Gasteiger partial charge in [0.25, 0.3) is 0 Å². The summed E-state index contributed by atoms with van der Waals surface area (Å²) < 4.78 is 0. The Labute approximate surface area is 82.9 Å². The Hall–Kier alpha value is -1.55. The highest BCUT2D eigenvalue weighted by atomic mass is 16.3. The van der Waals surface area contributed by atoms with E-state index in [1.54, 1.807) is 13.1 Å². The summed E-state index contributed by atoms with van der Waals surface area (Å²) in [7, 11) is 1.56. The molecule has 14 heavy (non-hydrogen) atoms. The molecule has 0 aliphatic heterocycles. The van der Waals surface area contributed by atoms with E-state index in [0.717, 1.165) is 11.3 Å². The van der Waals surface area contributed by atoms with Crippen molar-refractivity contribution in [1.82, 2.24) is 5.32 Å². The van der Waals surface area contributed by atoms with Gasteiger partial charge in [-0.25, -0.2) is 4.79 Å². The summed E-state index contributed by atoms with van der Waals surface area (Å²) in [5.41, 5.74) is 1.73. The molecule has 76 valence electrons. The molecule has 0 unspecified atom stereocenters. The summed E-state index contributed by atoms with van der Waals surface area (Å²) in [6.07, 6.45) is 0.600. The number of anilines is 1. The average Bonchev–Trinajstić information content (AvgIpc) is 2.19. The van der Waals surface area contributed by atoms with Gasteiger partial charge in [0, 0.05) is 19.3 Å². The van der Waals surface area contributed by atoms with Crippen molar-refractivity contribution in [2.75, 3.05) is 19.0 Å². The first-order valence-corrected chi connectivity index (χ1v) is 4.45. The number of carbonyl (C=O) groups excluding carboxylic acids is 1. The highest BCUT2D eigenvalue weighted by molar-refractivity contribution is 5.89. The molecule has 4 nitrogen and oxygen atoms in total. The number of nitrogens with one attached hydrogen (secondary N) is 2. The maximum absolute atomic E-state index is 11.0. The molecule has 0 saturated heterocycles. The molecule has 1 aromatic carbocycles. The van der Waals surface area contributed by atoms with E-state index >= 15 is 0 Å². The van der Waals surface area contributed by atoms with E-state index < -0.39 is 0 Å². The van der Waals surface area contributed by atoms with Crippen LogP contribution in [0.4, 0.5) is 10.5 Å². The normalized spacial score (nSPS) is 9.57. The van der Waals surface area contributed by atoms with Crippen LogP contribution in [0.15, 0.2) is 24.3 Å². The Kier molecular flexibility index (Phi) is 3.94. The molecule has 0 spiro atoms. The molecule has 0 aromatic heterocycles. The van der Waals surface area contributed by atoms with Gasteiger partial charge in [-0.1, -0.05) is 12.1 Å². The van der Waals surface area contributed by atoms with Crippen molar-refractivity contribution in [3.63, 3.8) is 0 Å². The third-order valence-corrected chi connectivity index (χ3v) is 1.81. The van der Waals surface area contributed by atoms with Crippen LogP contribution in [0.1, 0.15) is 5.56 Å². The number of carbonyl (C=O) groups is 1. The van der Waals surface area contributed by atoms with Crippen LogP contribution >= 0.6 is 0 Å². The number of rotatable bonds is 3. The van der Waals surface area contributed by atoms with Crippen molar-refractivity contribution < 1.29 is 9.90 Å². The minimum absolute atomic E-state index is 0.115.